The summed E-state index contributed by atoms with van der Waals surface area (Å²) in [7, 11) is 0. The minimum Gasteiger partial charge on any atom is -0.444 e. The fraction of sp³-hybridized carbons (Fsp3) is 0.667. The van der Waals surface area contributed by atoms with E-state index in [1.54, 1.807) is 16.2 Å². The Morgan fingerprint density at radius 3 is 2.64 bits per heavy atom. The number of rotatable bonds is 7. The van der Waals surface area contributed by atoms with Gasteiger partial charge in [-0.3, -0.25) is 0 Å². The third kappa shape index (κ3) is 7.31. The Kier molecular flexibility index (Phi) is 8.17. The van der Waals surface area contributed by atoms with Crippen LogP contribution in [0.1, 0.15) is 39.0 Å². The van der Waals surface area contributed by atoms with Crippen LogP contribution in [-0.4, -0.2) is 36.2 Å². The van der Waals surface area contributed by atoms with Crippen molar-refractivity contribution >= 4 is 45.0 Å². The molecule has 0 unspecified atom stereocenters. The van der Waals surface area contributed by atoms with Gasteiger partial charge in [-0.25, -0.2) is 4.79 Å². The Balaban J connectivity index is 2.39. The number of amides is 1. The summed E-state index contributed by atoms with van der Waals surface area (Å²) in [5.41, 5.74) is -0.462. The van der Waals surface area contributed by atoms with Crippen LogP contribution in [0.3, 0.4) is 0 Å². The molecule has 0 spiro atoms. The summed E-state index contributed by atoms with van der Waals surface area (Å²) in [6.45, 7) is 10.5. The normalized spacial score (nSPS) is 11.5. The highest BCUT2D eigenvalue weighted by Crippen LogP contribution is 2.31. The summed E-state index contributed by atoms with van der Waals surface area (Å²) in [4.78, 5) is 15.0. The van der Waals surface area contributed by atoms with Gasteiger partial charge in [0.05, 0.1) is 0 Å². The third-order valence-electron chi connectivity index (χ3n) is 2.70. The average Bonchev–Trinajstić information content (AvgIpc) is 2.70. The second-order valence-electron chi connectivity index (χ2n) is 5.98. The van der Waals surface area contributed by atoms with Gasteiger partial charge in [-0.1, -0.05) is 18.5 Å². The van der Waals surface area contributed by atoms with Gasteiger partial charge in [0.15, 0.2) is 0 Å². The smallest absolute Gasteiger partial charge is 0.410 e. The van der Waals surface area contributed by atoms with Crippen molar-refractivity contribution in [3.05, 3.63) is 19.8 Å². The van der Waals surface area contributed by atoms with E-state index in [9.17, 15) is 4.79 Å². The van der Waals surface area contributed by atoms with Crippen LogP contribution in [-0.2, 0) is 11.3 Å². The van der Waals surface area contributed by atoms with Gasteiger partial charge in [0, 0.05) is 35.5 Å². The number of carbonyl (C=O) groups is 1. The van der Waals surface area contributed by atoms with Gasteiger partial charge < -0.3 is 15.0 Å². The van der Waals surface area contributed by atoms with Gasteiger partial charge >= 0.3 is 6.09 Å². The van der Waals surface area contributed by atoms with Gasteiger partial charge in [-0.2, -0.15) is 0 Å². The molecule has 1 heterocycles. The van der Waals surface area contributed by atoms with Crippen molar-refractivity contribution in [1.29, 1.82) is 0 Å². The molecule has 0 aliphatic heterocycles. The monoisotopic (exact) mass is 410 g/mol. The lowest BCUT2D eigenvalue weighted by molar-refractivity contribution is 0.0252. The lowest BCUT2D eigenvalue weighted by atomic mass is 10.2. The maximum absolute atomic E-state index is 12.1. The molecule has 1 aromatic heterocycles. The molecule has 22 heavy (non-hydrogen) atoms. The summed E-state index contributed by atoms with van der Waals surface area (Å²) in [5.74, 6) is 0. The lowest BCUT2D eigenvalue weighted by Crippen LogP contribution is -2.40. The number of nitrogens with zero attached hydrogens (tertiary/aromatic N) is 1. The molecular weight excluding hydrogens is 388 g/mol. The molecule has 0 aliphatic carbocycles. The van der Waals surface area contributed by atoms with Gasteiger partial charge in [0.25, 0.3) is 0 Å². The van der Waals surface area contributed by atoms with Crippen LogP contribution in [0.15, 0.2) is 10.5 Å². The first-order valence-electron chi connectivity index (χ1n) is 7.35. The predicted octanol–water partition coefficient (Wildman–Crippen LogP) is 4.90. The molecule has 1 rings (SSSR count). The van der Waals surface area contributed by atoms with Crippen molar-refractivity contribution in [3.63, 3.8) is 0 Å². The standard InChI is InChI=1S/C15H24BrClN2O2S/c1-5-7-19(14(20)21-15(2,3)4)8-6-18-10-11-9-12(16)13(17)22-11/h9,18H,5-8,10H2,1-4H3. The molecular formula is C15H24BrClN2O2S. The van der Waals surface area contributed by atoms with Gasteiger partial charge in [0.2, 0.25) is 0 Å². The maximum Gasteiger partial charge on any atom is 0.410 e. The highest BCUT2D eigenvalue weighted by Gasteiger charge is 2.21. The molecule has 0 atom stereocenters. The second kappa shape index (κ2) is 9.11. The van der Waals surface area contributed by atoms with Gasteiger partial charge in [-0.15, -0.1) is 11.3 Å². The zero-order valence-electron chi connectivity index (χ0n) is 13.5. The number of halogens is 2. The van der Waals surface area contributed by atoms with Crippen molar-refractivity contribution in [2.45, 2.75) is 46.3 Å². The van der Waals surface area contributed by atoms with E-state index in [0.29, 0.717) is 19.6 Å². The molecule has 0 fully saturated rings. The van der Waals surface area contributed by atoms with E-state index in [-0.39, 0.29) is 6.09 Å². The Morgan fingerprint density at radius 1 is 1.45 bits per heavy atom. The summed E-state index contributed by atoms with van der Waals surface area (Å²) in [6.07, 6.45) is 0.658. The molecule has 1 N–H and O–H groups in total. The molecule has 0 saturated carbocycles. The van der Waals surface area contributed by atoms with Crippen molar-refractivity contribution in [3.8, 4) is 0 Å². The number of carbonyl (C=O) groups excluding carboxylic acids is 1. The number of thiophene rings is 1. The molecule has 4 nitrogen and oxygen atoms in total. The van der Waals surface area contributed by atoms with Crippen LogP contribution in [0.25, 0.3) is 0 Å². The molecule has 1 amide bonds. The highest BCUT2D eigenvalue weighted by molar-refractivity contribution is 9.10. The van der Waals surface area contributed by atoms with Crippen molar-refractivity contribution in [1.82, 2.24) is 10.2 Å². The molecule has 7 heteroatoms. The summed E-state index contributed by atoms with van der Waals surface area (Å²) < 4.78 is 7.11. The first-order valence-corrected chi connectivity index (χ1v) is 9.34. The topological polar surface area (TPSA) is 41.6 Å². The largest absolute Gasteiger partial charge is 0.444 e. The number of ether oxygens (including phenoxy) is 1. The van der Waals surface area contributed by atoms with E-state index in [0.717, 1.165) is 26.7 Å². The van der Waals surface area contributed by atoms with Crippen molar-refractivity contribution < 1.29 is 9.53 Å². The molecule has 0 aliphatic rings. The highest BCUT2D eigenvalue weighted by atomic mass is 79.9. The predicted molar refractivity (Wildman–Crippen MR) is 96.8 cm³/mol. The fourth-order valence-corrected chi connectivity index (χ4v) is 3.56. The Hall–Kier alpha value is -0.300. The Labute approximate surface area is 150 Å². The molecule has 126 valence electrons. The van der Waals surface area contributed by atoms with Crippen molar-refractivity contribution in [2.24, 2.45) is 0 Å². The molecule has 0 aromatic carbocycles. The van der Waals surface area contributed by atoms with Crippen LogP contribution in [0.4, 0.5) is 4.79 Å². The average molecular weight is 412 g/mol. The fourth-order valence-electron chi connectivity index (χ4n) is 1.79. The first-order chi connectivity index (χ1) is 10.2. The van der Waals surface area contributed by atoms with Crippen LogP contribution < -0.4 is 5.32 Å². The van der Waals surface area contributed by atoms with Gasteiger partial charge in [-0.05, 0) is 49.2 Å². The number of hydrogen-bond donors (Lipinski definition) is 1. The molecule has 1 aromatic rings. The van der Waals surface area contributed by atoms with Crippen LogP contribution in [0, 0.1) is 0 Å². The number of nitrogens with one attached hydrogen (secondary N) is 1. The van der Waals surface area contributed by atoms with E-state index in [4.69, 9.17) is 16.3 Å². The zero-order chi connectivity index (χ0) is 16.8. The summed E-state index contributed by atoms with van der Waals surface area (Å²) >= 11 is 11.0. The molecule has 0 bridgehead atoms. The maximum atomic E-state index is 12.1. The second-order valence-corrected chi connectivity index (χ2v) is 8.57. The van der Waals surface area contributed by atoms with E-state index < -0.39 is 5.60 Å². The summed E-state index contributed by atoms with van der Waals surface area (Å²) in [5, 5.41) is 3.33. The SMILES string of the molecule is CCCN(CCNCc1cc(Br)c(Cl)s1)C(=O)OC(C)(C)C. The first kappa shape index (κ1) is 19.7. The molecule has 0 saturated heterocycles. The van der Waals surface area contributed by atoms with E-state index >= 15 is 0 Å². The third-order valence-corrected chi connectivity index (χ3v) is 5.17. The van der Waals surface area contributed by atoms with E-state index in [1.165, 1.54) is 0 Å². The quantitative estimate of drug-likeness (QED) is 0.649. The van der Waals surface area contributed by atoms with Crippen LogP contribution >= 0.6 is 38.9 Å². The Bertz CT molecular complexity index is 469. The Morgan fingerprint density at radius 2 is 2.14 bits per heavy atom. The minimum atomic E-state index is -0.462. The summed E-state index contributed by atoms with van der Waals surface area (Å²) in [6, 6.07) is 2.01. The van der Waals surface area contributed by atoms with Crippen molar-refractivity contribution in [2.75, 3.05) is 19.6 Å². The minimum absolute atomic E-state index is 0.252. The van der Waals surface area contributed by atoms with E-state index in [2.05, 4.69) is 28.2 Å². The van der Waals surface area contributed by atoms with Gasteiger partial charge in [0.1, 0.15) is 9.94 Å². The van der Waals surface area contributed by atoms with Crippen LogP contribution in [0.5, 0.6) is 0 Å². The van der Waals surface area contributed by atoms with E-state index in [1.807, 2.05) is 26.8 Å². The molecule has 0 radical (unpaired) electrons. The zero-order valence-corrected chi connectivity index (χ0v) is 16.7. The van der Waals surface area contributed by atoms with Crippen LogP contribution in [0.2, 0.25) is 4.34 Å². The number of hydrogen-bond acceptors (Lipinski definition) is 4. The lowest BCUT2D eigenvalue weighted by Gasteiger charge is -2.27.